The number of nitrogens with one attached hydrogen (secondary N) is 2. The second-order valence-electron chi connectivity index (χ2n) is 5.36. The number of hydrazine groups is 1. The molecule has 0 saturated heterocycles. The maximum absolute atomic E-state index is 5.39. The van der Waals surface area contributed by atoms with Gasteiger partial charge in [-0.1, -0.05) is 0 Å². The summed E-state index contributed by atoms with van der Waals surface area (Å²) in [7, 11) is 0. The van der Waals surface area contributed by atoms with E-state index in [1.807, 2.05) is 72.8 Å². The van der Waals surface area contributed by atoms with Crippen LogP contribution in [0.5, 0.6) is 0 Å². The van der Waals surface area contributed by atoms with E-state index in [1.165, 1.54) is 0 Å². The lowest BCUT2D eigenvalue weighted by Gasteiger charge is -2.10. The molecule has 24 heavy (non-hydrogen) atoms. The van der Waals surface area contributed by atoms with Crippen molar-refractivity contribution in [3.63, 3.8) is 0 Å². The van der Waals surface area contributed by atoms with Crippen LogP contribution in [0.4, 0.5) is 11.4 Å². The average molecular weight is 316 g/mol. The number of furan rings is 2. The Hall–Kier alpha value is -3.40. The van der Waals surface area contributed by atoms with Crippen LogP contribution in [-0.4, -0.2) is 0 Å². The molecule has 0 unspecified atom stereocenters. The van der Waals surface area contributed by atoms with E-state index in [2.05, 4.69) is 10.9 Å². The first-order valence-electron chi connectivity index (χ1n) is 7.68. The SMILES string of the molecule is c1coc(-c2ccc(NNc3ccc(-c4ccco4)cc3)cc2)c1. The van der Waals surface area contributed by atoms with Crippen molar-refractivity contribution < 1.29 is 8.83 Å². The molecule has 0 amide bonds. The average Bonchev–Trinajstić information content (AvgIpc) is 3.34. The van der Waals surface area contributed by atoms with Gasteiger partial charge in [0, 0.05) is 11.1 Å². The summed E-state index contributed by atoms with van der Waals surface area (Å²) >= 11 is 0. The van der Waals surface area contributed by atoms with Crippen LogP contribution in [0.15, 0.2) is 94.2 Å². The smallest absolute Gasteiger partial charge is 0.133 e. The van der Waals surface area contributed by atoms with Crippen molar-refractivity contribution in [2.75, 3.05) is 10.9 Å². The van der Waals surface area contributed by atoms with E-state index >= 15 is 0 Å². The van der Waals surface area contributed by atoms with Crippen molar-refractivity contribution in [3.8, 4) is 22.6 Å². The lowest BCUT2D eigenvalue weighted by atomic mass is 10.1. The third-order valence-corrected chi connectivity index (χ3v) is 3.73. The van der Waals surface area contributed by atoms with Crippen molar-refractivity contribution >= 4 is 11.4 Å². The van der Waals surface area contributed by atoms with E-state index in [4.69, 9.17) is 8.83 Å². The summed E-state index contributed by atoms with van der Waals surface area (Å²) in [6.45, 7) is 0. The highest BCUT2D eigenvalue weighted by molar-refractivity contribution is 5.64. The highest BCUT2D eigenvalue weighted by Gasteiger charge is 2.02. The molecule has 0 spiro atoms. The van der Waals surface area contributed by atoms with Crippen LogP contribution >= 0.6 is 0 Å². The molecule has 2 aromatic carbocycles. The number of benzene rings is 2. The van der Waals surface area contributed by atoms with Gasteiger partial charge in [0.1, 0.15) is 11.5 Å². The van der Waals surface area contributed by atoms with Crippen molar-refractivity contribution in [2.45, 2.75) is 0 Å². The molecule has 0 aliphatic heterocycles. The molecule has 0 aliphatic rings. The van der Waals surface area contributed by atoms with Gasteiger partial charge in [-0.15, -0.1) is 0 Å². The minimum atomic E-state index is 0.864. The fourth-order valence-corrected chi connectivity index (χ4v) is 2.47. The zero-order valence-corrected chi connectivity index (χ0v) is 12.9. The molecule has 118 valence electrons. The third kappa shape index (κ3) is 3.03. The van der Waals surface area contributed by atoms with Gasteiger partial charge >= 0.3 is 0 Å². The van der Waals surface area contributed by atoms with Gasteiger partial charge in [-0.2, -0.15) is 0 Å². The largest absolute Gasteiger partial charge is 0.464 e. The van der Waals surface area contributed by atoms with Gasteiger partial charge in [-0.25, -0.2) is 0 Å². The molecular formula is C20H16N2O2. The third-order valence-electron chi connectivity index (χ3n) is 3.73. The first-order chi connectivity index (χ1) is 11.9. The van der Waals surface area contributed by atoms with Gasteiger partial charge in [0.05, 0.1) is 23.9 Å². The quantitative estimate of drug-likeness (QED) is 0.467. The van der Waals surface area contributed by atoms with E-state index in [-0.39, 0.29) is 0 Å². The highest BCUT2D eigenvalue weighted by atomic mass is 16.3. The minimum Gasteiger partial charge on any atom is -0.464 e. The summed E-state index contributed by atoms with van der Waals surface area (Å²) in [6.07, 6.45) is 3.35. The Morgan fingerprint density at radius 2 is 0.917 bits per heavy atom. The van der Waals surface area contributed by atoms with Gasteiger partial charge < -0.3 is 19.7 Å². The number of hydrogen-bond donors (Lipinski definition) is 2. The molecule has 4 heteroatoms. The molecule has 0 fully saturated rings. The molecule has 0 bridgehead atoms. The van der Waals surface area contributed by atoms with Crippen LogP contribution in [0.25, 0.3) is 22.6 Å². The van der Waals surface area contributed by atoms with E-state index in [0.717, 1.165) is 34.0 Å². The Labute approximate surface area is 139 Å². The molecule has 4 rings (SSSR count). The van der Waals surface area contributed by atoms with E-state index in [1.54, 1.807) is 12.5 Å². The Kier molecular flexibility index (Phi) is 3.78. The number of hydrogen-bond acceptors (Lipinski definition) is 4. The predicted molar refractivity (Wildman–Crippen MR) is 95.5 cm³/mol. The predicted octanol–water partition coefficient (Wildman–Crippen LogP) is 5.65. The zero-order chi connectivity index (χ0) is 16.2. The van der Waals surface area contributed by atoms with E-state index in [9.17, 15) is 0 Å². The molecule has 0 saturated carbocycles. The summed E-state index contributed by atoms with van der Waals surface area (Å²) in [5.41, 5.74) is 10.4. The van der Waals surface area contributed by atoms with Gasteiger partial charge in [0.2, 0.25) is 0 Å². The molecule has 0 radical (unpaired) electrons. The first kappa shape index (κ1) is 14.2. The van der Waals surface area contributed by atoms with Crippen LogP contribution < -0.4 is 10.9 Å². The van der Waals surface area contributed by atoms with Gasteiger partial charge in [-0.3, -0.25) is 0 Å². The maximum atomic E-state index is 5.39. The summed E-state index contributed by atoms with van der Waals surface area (Å²) in [4.78, 5) is 0. The Morgan fingerprint density at radius 1 is 0.500 bits per heavy atom. The molecule has 2 N–H and O–H groups in total. The molecule has 4 nitrogen and oxygen atoms in total. The Bertz CT molecular complexity index is 800. The Morgan fingerprint density at radius 3 is 1.25 bits per heavy atom. The van der Waals surface area contributed by atoms with E-state index < -0.39 is 0 Å². The summed E-state index contributed by atoms with van der Waals surface area (Å²) in [5, 5.41) is 0. The zero-order valence-electron chi connectivity index (χ0n) is 12.9. The second-order valence-corrected chi connectivity index (χ2v) is 5.36. The number of rotatable bonds is 5. The van der Waals surface area contributed by atoms with Crippen LogP contribution in [0.3, 0.4) is 0 Å². The Balaban J connectivity index is 1.40. The van der Waals surface area contributed by atoms with Crippen LogP contribution in [0.2, 0.25) is 0 Å². The molecule has 4 aromatic rings. The minimum absolute atomic E-state index is 0.864. The fourth-order valence-electron chi connectivity index (χ4n) is 2.47. The molecule has 2 aromatic heterocycles. The van der Waals surface area contributed by atoms with Crippen molar-refractivity contribution in [1.29, 1.82) is 0 Å². The van der Waals surface area contributed by atoms with Gasteiger partial charge in [0.25, 0.3) is 0 Å². The van der Waals surface area contributed by atoms with Gasteiger partial charge in [-0.05, 0) is 72.8 Å². The van der Waals surface area contributed by atoms with Crippen LogP contribution in [0, 0.1) is 0 Å². The molecule has 0 atom stereocenters. The van der Waals surface area contributed by atoms with E-state index in [0.29, 0.717) is 0 Å². The van der Waals surface area contributed by atoms with Crippen molar-refractivity contribution in [3.05, 3.63) is 85.3 Å². The summed E-state index contributed by atoms with van der Waals surface area (Å²) in [5.74, 6) is 1.73. The normalized spacial score (nSPS) is 10.5. The van der Waals surface area contributed by atoms with Crippen LogP contribution in [0.1, 0.15) is 0 Å². The highest BCUT2D eigenvalue weighted by Crippen LogP contribution is 2.23. The standard InChI is InChI=1S/C20H16N2O2/c1-3-19(23-13-1)15-5-9-17(10-6-15)21-22-18-11-7-16(8-12-18)20-4-2-14-24-20/h1-14,21-22H. The number of anilines is 2. The lowest BCUT2D eigenvalue weighted by molar-refractivity contribution is 0.582. The van der Waals surface area contributed by atoms with Crippen molar-refractivity contribution in [1.82, 2.24) is 0 Å². The monoisotopic (exact) mass is 316 g/mol. The topological polar surface area (TPSA) is 50.3 Å². The fraction of sp³-hybridized carbons (Fsp3) is 0. The van der Waals surface area contributed by atoms with Crippen molar-refractivity contribution in [2.24, 2.45) is 0 Å². The maximum Gasteiger partial charge on any atom is 0.133 e. The lowest BCUT2D eigenvalue weighted by Crippen LogP contribution is -2.08. The molecular weight excluding hydrogens is 300 g/mol. The first-order valence-corrected chi connectivity index (χ1v) is 7.68. The summed E-state index contributed by atoms with van der Waals surface area (Å²) < 4.78 is 10.8. The summed E-state index contributed by atoms with van der Waals surface area (Å²) in [6, 6.07) is 23.7. The van der Waals surface area contributed by atoms with Crippen LogP contribution in [-0.2, 0) is 0 Å². The second kappa shape index (κ2) is 6.38. The van der Waals surface area contributed by atoms with Gasteiger partial charge in [0.15, 0.2) is 0 Å². The molecule has 0 aliphatic carbocycles. The molecule has 2 heterocycles.